The number of nitrogens with one attached hydrogen (secondary N) is 1. The average Bonchev–Trinajstić information content (AvgIpc) is 3.18. The van der Waals surface area contributed by atoms with Crippen LogP contribution in [0.1, 0.15) is 29.8 Å². The lowest BCUT2D eigenvalue weighted by Gasteiger charge is -2.18. The van der Waals surface area contributed by atoms with Crippen LogP contribution in [-0.2, 0) is 11.2 Å². The van der Waals surface area contributed by atoms with Gasteiger partial charge in [-0.1, -0.05) is 41.9 Å². The molecule has 3 rings (SSSR count). The van der Waals surface area contributed by atoms with Crippen molar-refractivity contribution in [3.8, 4) is 11.5 Å². The highest BCUT2D eigenvalue weighted by Gasteiger charge is 2.31. The van der Waals surface area contributed by atoms with Crippen molar-refractivity contribution in [3.63, 3.8) is 0 Å². The van der Waals surface area contributed by atoms with Gasteiger partial charge in [-0.25, -0.2) is 0 Å². The highest BCUT2D eigenvalue weighted by Crippen LogP contribution is 2.42. The Hall–Kier alpha value is -1.89. The number of hydrogen-bond acceptors (Lipinski definition) is 5. The highest BCUT2D eigenvalue weighted by atomic mass is 35.5. The van der Waals surface area contributed by atoms with E-state index in [9.17, 15) is 9.90 Å². The van der Waals surface area contributed by atoms with Gasteiger partial charge in [0.05, 0.1) is 23.6 Å². The molecule has 2 unspecified atom stereocenters. The van der Waals surface area contributed by atoms with Crippen molar-refractivity contribution in [2.45, 2.75) is 31.2 Å². The molecule has 1 saturated heterocycles. The molecule has 1 heterocycles. The Labute approximate surface area is 174 Å². The summed E-state index contributed by atoms with van der Waals surface area (Å²) in [6.07, 6.45) is 1.80. The first-order chi connectivity index (χ1) is 13.6. The fourth-order valence-corrected chi connectivity index (χ4v) is 4.53. The first-order valence-corrected chi connectivity index (χ1v) is 10.7. The van der Waals surface area contributed by atoms with Crippen molar-refractivity contribution in [3.05, 3.63) is 58.6 Å². The summed E-state index contributed by atoms with van der Waals surface area (Å²) in [4.78, 5) is 11.2. The largest absolute Gasteiger partial charge is 0.490 e. The second kappa shape index (κ2) is 10.0. The fourth-order valence-electron chi connectivity index (χ4n) is 3.04. The lowest BCUT2D eigenvalue weighted by Crippen LogP contribution is -2.33. The second-order valence-corrected chi connectivity index (χ2v) is 8.02. The molecule has 2 atom stereocenters. The highest BCUT2D eigenvalue weighted by molar-refractivity contribution is 7.99. The van der Waals surface area contributed by atoms with Crippen LogP contribution in [-0.4, -0.2) is 36.1 Å². The van der Waals surface area contributed by atoms with E-state index in [0.717, 1.165) is 18.4 Å². The van der Waals surface area contributed by atoms with Crippen molar-refractivity contribution < 1.29 is 19.4 Å². The van der Waals surface area contributed by atoms with E-state index in [0.29, 0.717) is 35.5 Å². The summed E-state index contributed by atoms with van der Waals surface area (Å²) in [6.45, 7) is 2.93. The van der Waals surface area contributed by atoms with Gasteiger partial charge in [0.1, 0.15) is 6.04 Å². The standard InChI is InChI=1S/C21H24ClNO4S/c1-2-26-18-12-15(20-23-17(13-28-20)21(24)25)11-16(22)19(18)27-10-6-9-14-7-4-3-5-8-14/h3-5,7-8,11-12,17,20,23H,2,6,9-10,13H2,1H3,(H,24,25). The predicted molar refractivity (Wildman–Crippen MR) is 113 cm³/mol. The summed E-state index contributed by atoms with van der Waals surface area (Å²) in [6, 6.07) is 13.4. The molecule has 2 N–H and O–H groups in total. The van der Waals surface area contributed by atoms with E-state index < -0.39 is 12.0 Å². The predicted octanol–water partition coefficient (Wildman–Crippen LogP) is 4.54. The van der Waals surface area contributed by atoms with E-state index in [4.69, 9.17) is 21.1 Å². The van der Waals surface area contributed by atoms with Gasteiger partial charge in [0.2, 0.25) is 0 Å². The number of benzene rings is 2. The minimum Gasteiger partial charge on any atom is -0.490 e. The number of rotatable bonds is 9. The van der Waals surface area contributed by atoms with Gasteiger partial charge in [0.25, 0.3) is 0 Å². The zero-order chi connectivity index (χ0) is 19.9. The van der Waals surface area contributed by atoms with E-state index in [1.807, 2.05) is 37.3 Å². The molecule has 1 fully saturated rings. The van der Waals surface area contributed by atoms with E-state index in [1.54, 1.807) is 11.8 Å². The number of carboxylic acids is 1. The van der Waals surface area contributed by atoms with Gasteiger partial charge in [-0.15, -0.1) is 11.8 Å². The molecule has 0 aliphatic carbocycles. The van der Waals surface area contributed by atoms with Crippen LogP contribution in [0.2, 0.25) is 5.02 Å². The molecule has 0 aromatic heterocycles. The Bertz CT molecular complexity index is 802. The minimum absolute atomic E-state index is 0.134. The van der Waals surface area contributed by atoms with E-state index >= 15 is 0 Å². The third kappa shape index (κ3) is 5.34. The van der Waals surface area contributed by atoms with Gasteiger partial charge in [-0.2, -0.15) is 0 Å². The van der Waals surface area contributed by atoms with Crippen LogP contribution in [0.4, 0.5) is 0 Å². The summed E-state index contributed by atoms with van der Waals surface area (Å²) in [5.41, 5.74) is 2.16. The molecule has 0 amide bonds. The van der Waals surface area contributed by atoms with Gasteiger partial charge < -0.3 is 14.6 Å². The van der Waals surface area contributed by atoms with Crippen LogP contribution in [0.25, 0.3) is 0 Å². The smallest absolute Gasteiger partial charge is 0.321 e. The van der Waals surface area contributed by atoms with Gasteiger partial charge in [-0.3, -0.25) is 10.1 Å². The molecule has 0 bridgehead atoms. The molecule has 28 heavy (non-hydrogen) atoms. The average molecular weight is 422 g/mol. The number of carboxylic acid groups (broad SMARTS) is 1. The van der Waals surface area contributed by atoms with Crippen molar-refractivity contribution in [2.75, 3.05) is 19.0 Å². The first kappa shape index (κ1) is 20.8. The number of aliphatic carboxylic acids is 1. The summed E-state index contributed by atoms with van der Waals surface area (Å²) >= 11 is 8.03. The van der Waals surface area contributed by atoms with Crippen LogP contribution < -0.4 is 14.8 Å². The molecule has 5 nitrogen and oxygen atoms in total. The number of thioether (sulfide) groups is 1. The maximum Gasteiger partial charge on any atom is 0.321 e. The summed E-state index contributed by atoms with van der Waals surface area (Å²) < 4.78 is 11.7. The number of ether oxygens (including phenoxy) is 2. The monoisotopic (exact) mass is 421 g/mol. The zero-order valence-corrected chi connectivity index (χ0v) is 17.3. The van der Waals surface area contributed by atoms with Gasteiger partial charge in [0.15, 0.2) is 11.5 Å². The molecular formula is C21H24ClNO4S. The first-order valence-electron chi connectivity index (χ1n) is 9.32. The Morgan fingerprint density at radius 2 is 2.07 bits per heavy atom. The number of hydrogen-bond donors (Lipinski definition) is 2. The number of halogens is 1. The van der Waals surface area contributed by atoms with Crippen LogP contribution in [0, 0.1) is 0 Å². The Morgan fingerprint density at radius 3 is 2.75 bits per heavy atom. The lowest BCUT2D eigenvalue weighted by atomic mass is 10.1. The molecule has 1 aliphatic rings. The molecule has 7 heteroatoms. The van der Waals surface area contributed by atoms with Crippen LogP contribution in [0.5, 0.6) is 11.5 Å². The van der Waals surface area contributed by atoms with Crippen molar-refractivity contribution in [2.24, 2.45) is 0 Å². The third-order valence-corrected chi connectivity index (χ3v) is 5.96. The molecule has 0 radical (unpaired) electrons. The topological polar surface area (TPSA) is 67.8 Å². The Kier molecular flexibility index (Phi) is 7.48. The van der Waals surface area contributed by atoms with Crippen LogP contribution in [0.15, 0.2) is 42.5 Å². The van der Waals surface area contributed by atoms with Gasteiger partial charge >= 0.3 is 5.97 Å². The summed E-state index contributed by atoms with van der Waals surface area (Å²) in [5, 5.41) is 12.6. The fraction of sp³-hybridized carbons (Fsp3) is 0.381. The Balaban J connectivity index is 1.66. The molecule has 1 aliphatic heterocycles. The normalized spacial score (nSPS) is 18.8. The Morgan fingerprint density at radius 1 is 1.29 bits per heavy atom. The van der Waals surface area contributed by atoms with E-state index in [-0.39, 0.29) is 5.37 Å². The van der Waals surface area contributed by atoms with Crippen LogP contribution in [0.3, 0.4) is 0 Å². The third-order valence-electron chi connectivity index (χ3n) is 4.41. The van der Waals surface area contributed by atoms with E-state index in [2.05, 4.69) is 17.4 Å². The van der Waals surface area contributed by atoms with Crippen LogP contribution >= 0.6 is 23.4 Å². The quantitative estimate of drug-likeness (QED) is 0.579. The lowest BCUT2D eigenvalue weighted by molar-refractivity contribution is -0.138. The summed E-state index contributed by atoms with van der Waals surface area (Å²) in [7, 11) is 0. The van der Waals surface area contributed by atoms with Crippen molar-refractivity contribution in [1.82, 2.24) is 5.32 Å². The maximum absolute atomic E-state index is 11.2. The maximum atomic E-state index is 11.2. The molecule has 150 valence electrons. The minimum atomic E-state index is -0.843. The summed E-state index contributed by atoms with van der Waals surface area (Å²) in [5.74, 6) is 0.799. The van der Waals surface area contributed by atoms with E-state index in [1.165, 1.54) is 5.56 Å². The van der Waals surface area contributed by atoms with Gasteiger partial charge in [0, 0.05) is 5.75 Å². The molecule has 2 aromatic rings. The molecular weight excluding hydrogens is 398 g/mol. The SMILES string of the molecule is CCOc1cc(C2NC(C(=O)O)CS2)cc(Cl)c1OCCCc1ccccc1. The number of aryl methyl sites for hydroxylation is 1. The second-order valence-electron chi connectivity index (χ2n) is 6.47. The van der Waals surface area contributed by atoms with Crippen molar-refractivity contribution >= 4 is 29.3 Å². The molecule has 0 spiro atoms. The zero-order valence-electron chi connectivity index (χ0n) is 15.7. The van der Waals surface area contributed by atoms with Gasteiger partial charge in [-0.05, 0) is 43.0 Å². The van der Waals surface area contributed by atoms with Crippen molar-refractivity contribution in [1.29, 1.82) is 0 Å². The molecule has 2 aromatic carbocycles. The number of carbonyl (C=O) groups is 1. The molecule has 0 saturated carbocycles.